The van der Waals surface area contributed by atoms with Gasteiger partial charge >= 0.3 is 0 Å². The number of sulfonamides is 1. The molecule has 2 heterocycles. The predicted molar refractivity (Wildman–Crippen MR) is 97.3 cm³/mol. The van der Waals surface area contributed by atoms with Crippen molar-refractivity contribution in [2.75, 3.05) is 33.1 Å². The maximum Gasteiger partial charge on any atom is 0.220 e. The van der Waals surface area contributed by atoms with Gasteiger partial charge in [0, 0.05) is 38.5 Å². The van der Waals surface area contributed by atoms with Gasteiger partial charge in [-0.1, -0.05) is 0 Å². The summed E-state index contributed by atoms with van der Waals surface area (Å²) in [7, 11) is -0.286. The SMILES string of the molecule is CN(C)S(=O)(=O)C[C@@H]1COC[C@H]1NC(=O)CCc1n[nH]c2c1CCCC2. The van der Waals surface area contributed by atoms with E-state index >= 15 is 0 Å². The molecule has 0 spiro atoms. The molecule has 2 N–H and O–H groups in total. The molecule has 1 fully saturated rings. The first-order chi connectivity index (χ1) is 12.4. The third kappa shape index (κ3) is 4.44. The zero-order valence-corrected chi connectivity index (χ0v) is 16.3. The van der Waals surface area contributed by atoms with E-state index < -0.39 is 10.0 Å². The van der Waals surface area contributed by atoms with Crippen molar-refractivity contribution in [3.63, 3.8) is 0 Å². The van der Waals surface area contributed by atoms with Gasteiger partial charge in [0.05, 0.1) is 30.7 Å². The predicted octanol–water partition coefficient (Wildman–Crippen LogP) is 0.244. The first-order valence-electron chi connectivity index (χ1n) is 9.19. The van der Waals surface area contributed by atoms with Crippen LogP contribution < -0.4 is 5.32 Å². The Labute approximate surface area is 154 Å². The highest BCUT2D eigenvalue weighted by atomic mass is 32.2. The second-order valence-electron chi connectivity index (χ2n) is 7.37. The lowest BCUT2D eigenvalue weighted by atomic mass is 9.94. The van der Waals surface area contributed by atoms with Crippen molar-refractivity contribution in [1.82, 2.24) is 19.8 Å². The Morgan fingerprint density at radius 3 is 2.85 bits per heavy atom. The van der Waals surface area contributed by atoms with Crippen molar-refractivity contribution in [2.24, 2.45) is 5.92 Å². The molecule has 0 bridgehead atoms. The van der Waals surface area contributed by atoms with Gasteiger partial charge in [-0.3, -0.25) is 9.89 Å². The van der Waals surface area contributed by atoms with Crippen LogP contribution in [0.1, 0.15) is 36.2 Å². The molecule has 3 rings (SSSR count). The van der Waals surface area contributed by atoms with E-state index in [1.54, 1.807) is 0 Å². The molecule has 8 nitrogen and oxygen atoms in total. The number of fused-ring (bicyclic) bond motifs is 1. The minimum absolute atomic E-state index is 0.0161. The van der Waals surface area contributed by atoms with Gasteiger partial charge in [0.2, 0.25) is 15.9 Å². The minimum atomic E-state index is -3.32. The van der Waals surface area contributed by atoms with Crippen molar-refractivity contribution in [1.29, 1.82) is 0 Å². The van der Waals surface area contributed by atoms with E-state index in [9.17, 15) is 13.2 Å². The Morgan fingerprint density at radius 1 is 1.31 bits per heavy atom. The largest absolute Gasteiger partial charge is 0.379 e. The molecule has 1 aromatic rings. The molecular formula is C17H28N4O4S. The van der Waals surface area contributed by atoms with Crippen LogP contribution in [0.15, 0.2) is 0 Å². The third-order valence-corrected chi connectivity index (χ3v) is 7.22. The zero-order chi connectivity index (χ0) is 18.7. The summed E-state index contributed by atoms with van der Waals surface area (Å²) in [4.78, 5) is 12.3. The smallest absolute Gasteiger partial charge is 0.220 e. The molecule has 0 unspecified atom stereocenters. The number of ether oxygens (including phenoxy) is 1. The third-order valence-electron chi connectivity index (χ3n) is 5.26. The van der Waals surface area contributed by atoms with Crippen LogP contribution in [0, 0.1) is 5.92 Å². The van der Waals surface area contributed by atoms with E-state index in [4.69, 9.17) is 4.74 Å². The number of nitrogens with one attached hydrogen (secondary N) is 2. The average Bonchev–Trinajstić information content (AvgIpc) is 3.19. The van der Waals surface area contributed by atoms with Crippen LogP contribution in [0.4, 0.5) is 0 Å². The van der Waals surface area contributed by atoms with E-state index in [0.717, 1.165) is 18.5 Å². The first-order valence-corrected chi connectivity index (χ1v) is 10.8. The summed E-state index contributed by atoms with van der Waals surface area (Å²) in [6.07, 6.45) is 5.38. The highest BCUT2D eigenvalue weighted by Gasteiger charge is 2.34. The number of amides is 1. The number of H-pyrrole nitrogens is 1. The molecule has 1 saturated heterocycles. The minimum Gasteiger partial charge on any atom is -0.379 e. The number of rotatable bonds is 7. The number of carbonyl (C=O) groups is 1. The van der Waals surface area contributed by atoms with E-state index in [1.165, 1.54) is 42.5 Å². The van der Waals surface area contributed by atoms with E-state index in [2.05, 4.69) is 15.5 Å². The van der Waals surface area contributed by atoms with Gasteiger partial charge in [-0.15, -0.1) is 0 Å². The van der Waals surface area contributed by atoms with Crippen LogP contribution in [0.2, 0.25) is 0 Å². The number of hydrogen-bond acceptors (Lipinski definition) is 5. The molecule has 146 valence electrons. The summed E-state index contributed by atoms with van der Waals surface area (Å²) in [5.74, 6) is -0.317. The monoisotopic (exact) mass is 384 g/mol. The maximum atomic E-state index is 12.3. The Kier molecular flexibility index (Phi) is 5.99. The Balaban J connectivity index is 1.52. The fourth-order valence-electron chi connectivity index (χ4n) is 3.61. The van der Waals surface area contributed by atoms with Crippen LogP contribution in [0.25, 0.3) is 0 Å². The summed E-state index contributed by atoms with van der Waals surface area (Å²) in [5, 5.41) is 10.4. The van der Waals surface area contributed by atoms with Gasteiger partial charge in [0.1, 0.15) is 0 Å². The van der Waals surface area contributed by atoms with Crippen molar-refractivity contribution >= 4 is 15.9 Å². The summed E-state index contributed by atoms with van der Waals surface area (Å²) in [6, 6.07) is -0.259. The van der Waals surface area contributed by atoms with Crippen LogP contribution in [-0.2, 0) is 38.8 Å². The first kappa shape index (κ1) is 19.3. The summed E-state index contributed by atoms with van der Waals surface area (Å²) in [5.41, 5.74) is 3.48. The van der Waals surface area contributed by atoms with E-state index in [0.29, 0.717) is 26.1 Å². The number of hydrogen-bond donors (Lipinski definition) is 2. The second kappa shape index (κ2) is 8.06. The Bertz CT molecular complexity index is 744. The average molecular weight is 385 g/mol. The summed E-state index contributed by atoms with van der Waals surface area (Å²) >= 11 is 0. The zero-order valence-electron chi connectivity index (χ0n) is 15.5. The molecule has 1 aliphatic carbocycles. The molecule has 0 saturated carbocycles. The van der Waals surface area contributed by atoms with Crippen LogP contribution in [0.5, 0.6) is 0 Å². The Morgan fingerprint density at radius 2 is 2.08 bits per heavy atom. The van der Waals surface area contributed by atoms with Gasteiger partial charge < -0.3 is 10.1 Å². The lowest BCUT2D eigenvalue weighted by Crippen LogP contribution is -2.43. The fourth-order valence-corrected chi connectivity index (χ4v) is 4.78. The number of carbonyl (C=O) groups excluding carboxylic acids is 1. The number of aromatic nitrogens is 2. The molecule has 1 aliphatic heterocycles. The molecule has 2 atom stereocenters. The van der Waals surface area contributed by atoms with Crippen molar-refractivity contribution < 1.29 is 17.9 Å². The fraction of sp³-hybridized carbons (Fsp3) is 0.765. The Hall–Kier alpha value is -1.45. The highest BCUT2D eigenvalue weighted by Crippen LogP contribution is 2.23. The molecule has 26 heavy (non-hydrogen) atoms. The lowest BCUT2D eigenvalue weighted by Gasteiger charge is -2.21. The van der Waals surface area contributed by atoms with Crippen molar-refractivity contribution in [3.8, 4) is 0 Å². The standard InChI is InChI=1S/C17H28N4O4S/c1-21(2)26(23,24)11-12-9-25-10-16(12)18-17(22)8-7-15-13-5-3-4-6-14(13)19-20-15/h12,16H,3-11H2,1-2H3,(H,18,22)(H,19,20)/t12-,16+/m0/s1. The van der Waals surface area contributed by atoms with E-state index in [1.807, 2.05) is 0 Å². The number of aromatic amines is 1. The van der Waals surface area contributed by atoms with Crippen molar-refractivity contribution in [3.05, 3.63) is 17.0 Å². The molecule has 1 aromatic heterocycles. The van der Waals surface area contributed by atoms with Gasteiger partial charge in [-0.2, -0.15) is 5.10 Å². The van der Waals surface area contributed by atoms with Crippen LogP contribution in [-0.4, -0.2) is 67.9 Å². The molecule has 0 radical (unpaired) electrons. The quantitative estimate of drug-likeness (QED) is 0.701. The van der Waals surface area contributed by atoms with E-state index in [-0.39, 0.29) is 23.6 Å². The molecule has 2 aliphatic rings. The van der Waals surface area contributed by atoms with Crippen LogP contribution >= 0.6 is 0 Å². The molecule has 1 amide bonds. The molecule has 9 heteroatoms. The topological polar surface area (TPSA) is 104 Å². The normalized spacial score (nSPS) is 23.2. The number of aryl methyl sites for hydroxylation is 2. The maximum absolute atomic E-state index is 12.3. The molecule has 0 aromatic carbocycles. The second-order valence-corrected chi connectivity index (χ2v) is 9.59. The number of nitrogens with zero attached hydrogens (tertiary/aromatic N) is 2. The van der Waals surface area contributed by atoms with Gasteiger partial charge in [0.15, 0.2) is 0 Å². The molecular weight excluding hydrogens is 356 g/mol. The van der Waals surface area contributed by atoms with Gasteiger partial charge in [0.25, 0.3) is 0 Å². The highest BCUT2D eigenvalue weighted by molar-refractivity contribution is 7.89. The van der Waals surface area contributed by atoms with Gasteiger partial charge in [-0.25, -0.2) is 12.7 Å². The van der Waals surface area contributed by atoms with Crippen LogP contribution in [0.3, 0.4) is 0 Å². The summed E-state index contributed by atoms with van der Waals surface area (Å²) in [6.45, 7) is 0.710. The van der Waals surface area contributed by atoms with Crippen molar-refractivity contribution in [2.45, 2.75) is 44.6 Å². The lowest BCUT2D eigenvalue weighted by molar-refractivity contribution is -0.122. The van der Waals surface area contributed by atoms with Gasteiger partial charge in [-0.05, 0) is 31.2 Å². The summed E-state index contributed by atoms with van der Waals surface area (Å²) < 4.78 is 30.8.